The number of amides is 1. The largest absolute Gasteiger partial charge is 0.492 e. The van der Waals surface area contributed by atoms with Crippen LogP contribution in [-0.2, 0) is 4.79 Å². The van der Waals surface area contributed by atoms with E-state index in [0.29, 0.717) is 18.9 Å². The highest BCUT2D eigenvalue weighted by molar-refractivity contribution is 5.90. The van der Waals surface area contributed by atoms with E-state index in [-0.39, 0.29) is 43.1 Å². The highest BCUT2D eigenvalue weighted by atomic mass is 35.5. The molecule has 3 rings (SSSR count). The first-order chi connectivity index (χ1) is 13.2. The number of ether oxygens (including phenoxy) is 1. The number of likely N-dealkylation sites (N-methyl/N-ethyl adjacent to an activating group) is 1. The molecule has 0 aromatic heterocycles. The fourth-order valence-electron chi connectivity index (χ4n) is 3.73. The Hall–Kier alpha value is -0.760. The fraction of sp³-hybridized carbons (Fsp3) is 0.667. The third-order valence-corrected chi connectivity index (χ3v) is 5.65. The van der Waals surface area contributed by atoms with Crippen molar-refractivity contribution in [1.82, 2.24) is 15.1 Å². The first-order valence-electron chi connectivity index (χ1n) is 10.3. The number of benzene rings is 1. The SMILES string of the molecule is CN1CCN(CCOc2ccc(NC(=O)CCC3CCNCC3)cc2)CC1.Cl.Cl.Cl. The van der Waals surface area contributed by atoms with Crippen molar-refractivity contribution in [2.45, 2.75) is 25.7 Å². The summed E-state index contributed by atoms with van der Waals surface area (Å²) >= 11 is 0. The van der Waals surface area contributed by atoms with E-state index < -0.39 is 0 Å². The quantitative estimate of drug-likeness (QED) is 0.594. The summed E-state index contributed by atoms with van der Waals surface area (Å²) in [4.78, 5) is 16.9. The highest BCUT2D eigenvalue weighted by Gasteiger charge is 2.15. The highest BCUT2D eigenvalue weighted by Crippen LogP contribution is 2.19. The number of carbonyl (C=O) groups excluding carboxylic acids is 1. The summed E-state index contributed by atoms with van der Waals surface area (Å²) in [5.74, 6) is 1.65. The van der Waals surface area contributed by atoms with Gasteiger partial charge in [-0.15, -0.1) is 37.2 Å². The van der Waals surface area contributed by atoms with Gasteiger partial charge in [-0.25, -0.2) is 0 Å². The molecule has 0 atom stereocenters. The molecule has 0 bridgehead atoms. The molecular weight excluding hydrogens is 447 g/mol. The van der Waals surface area contributed by atoms with Crippen LogP contribution in [0.2, 0.25) is 0 Å². The summed E-state index contributed by atoms with van der Waals surface area (Å²) in [6, 6.07) is 7.72. The van der Waals surface area contributed by atoms with Gasteiger partial charge in [0.05, 0.1) is 0 Å². The Labute approximate surface area is 199 Å². The maximum atomic E-state index is 12.1. The lowest BCUT2D eigenvalue weighted by atomic mass is 9.93. The van der Waals surface area contributed by atoms with Gasteiger partial charge in [0, 0.05) is 44.8 Å². The number of halogens is 3. The van der Waals surface area contributed by atoms with Crippen LogP contribution in [0.15, 0.2) is 24.3 Å². The van der Waals surface area contributed by atoms with Crippen molar-refractivity contribution in [2.24, 2.45) is 5.92 Å². The molecule has 2 heterocycles. The Balaban J connectivity index is 0.00000280. The number of piperidine rings is 1. The van der Waals surface area contributed by atoms with E-state index in [1.807, 2.05) is 24.3 Å². The van der Waals surface area contributed by atoms with Gasteiger partial charge in [0.15, 0.2) is 0 Å². The zero-order chi connectivity index (χ0) is 18.9. The average Bonchev–Trinajstić information content (AvgIpc) is 2.70. The standard InChI is InChI=1S/C21H34N4O2.3ClH/c1-24-12-14-25(15-13-24)16-17-27-20-5-3-19(4-6-20)23-21(26)7-2-18-8-10-22-11-9-18;;;/h3-6,18,22H,2,7-17H2,1H3,(H,23,26);3*1H. The molecule has 2 N–H and O–H groups in total. The third kappa shape index (κ3) is 10.5. The van der Waals surface area contributed by atoms with Crippen LogP contribution in [0.4, 0.5) is 5.69 Å². The fourth-order valence-corrected chi connectivity index (χ4v) is 3.73. The Bertz CT molecular complexity index is 578. The zero-order valence-electron chi connectivity index (χ0n) is 17.8. The maximum Gasteiger partial charge on any atom is 0.224 e. The predicted octanol–water partition coefficient (Wildman–Crippen LogP) is 3.30. The Kier molecular flexibility index (Phi) is 15.6. The van der Waals surface area contributed by atoms with Crippen LogP contribution in [0.25, 0.3) is 0 Å². The number of anilines is 1. The molecule has 2 saturated heterocycles. The average molecular weight is 484 g/mol. The van der Waals surface area contributed by atoms with E-state index in [9.17, 15) is 4.79 Å². The first-order valence-corrected chi connectivity index (χ1v) is 10.3. The molecule has 0 unspecified atom stereocenters. The van der Waals surface area contributed by atoms with Gasteiger partial charge in [-0.1, -0.05) is 0 Å². The van der Waals surface area contributed by atoms with Gasteiger partial charge in [-0.2, -0.15) is 0 Å². The minimum atomic E-state index is 0. The van der Waals surface area contributed by atoms with Gasteiger partial charge in [-0.05, 0) is 69.6 Å². The van der Waals surface area contributed by atoms with Crippen molar-refractivity contribution in [3.05, 3.63) is 24.3 Å². The molecule has 1 aromatic carbocycles. The van der Waals surface area contributed by atoms with E-state index in [1.54, 1.807) is 0 Å². The van der Waals surface area contributed by atoms with Gasteiger partial charge >= 0.3 is 0 Å². The molecule has 2 aliphatic rings. The van der Waals surface area contributed by atoms with Crippen molar-refractivity contribution in [2.75, 3.05) is 64.8 Å². The number of piperazine rings is 1. The minimum absolute atomic E-state index is 0. The molecule has 2 fully saturated rings. The van der Waals surface area contributed by atoms with Crippen molar-refractivity contribution >= 4 is 48.8 Å². The molecule has 1 aromatic rings. The van der Waals surface area contributed by atoms with E-state index in [1.165, 1.54) is 12.8 Å². The number of rotatable bonds is 8. The van der Waals surface area contributed by atoms with E-state index in [2.05, 4.69) is 27.5 Å². The number of carbonyl (C=O) groups is 1. The van der Waals surface area contributed by atoms with Crippen molar-refractivity contribution in [3.63, 3.8) is 0 Å². The Morgan fingerprint density at radius 2 is 1.70 bits per heavy atom. The van der Waals surface area contributed by atoms with Crippen LogP contribution in [0.3, 0.4) is 0 Å². The lowest BCUT2D eigenvalue weighted by molar-refractivity contribution is -0.116. The maximum absolute atomic E-state index is 12.1. The van der Waals surface area contributed by atoms with E-state index >= 15 is 0 Å². The van der Waals surface area contributed by atoms with E-state index in [0.717, 1.165) is 63.7 Å². The number of nitrogens with one attached hydrogen (secondary N) is 2. The number of hydrogen-bond acceptors (Lipinski definition) is 5. The van der Waals surface area contributed by atoms with E-state index in [4.69, 9.17) is 4.74 Å². The second-order valence-electron chi connectivity index (χ2n) is 7.80. The molecule has 6 nitrogen and oxygen atoms in total. The van der Waals surface area contributed by atoms with Gasteiger partial charge in [-0.3, -0.25) is 9.69 Å². The van der Waals surface area contributed by atoms with Crippen LogP contribution in [0, 0.1) is 5.92 Å². The summed E-state index contributed by atoms with van der Waals surface area (Å²) < 4.78 is 5.85. The predicted molar refractivity (Wildman–Crippen MR) is 131 cm³/mol. The summed E-state index contributed by atoms with van der Waals surface area (Å²) in [5.41, 5.74) is 0.844. The summed E-state index contributed by atoms with van der Waals surface area (Å²) in [7, 11) is 2.17. The molecule has 0 spiro atoms. The molecule has 1 amide bonds. The van der Waals surface area contributed by atoms with Crippen LogP contribution < -0.4 is 15.4 Å². The molecule has 2 aliphatic heterocycles. The second kappa shape index (κ2) is 16.0. The van der Waals surface area contributed by atoms with Crippen LogP contribution in [0.5, 0.6) is 5.75 Å². The third-order valence-electron chi connectivity index (χ3n) is 5.65. The van der Waals surface area contributed by atoms with Gasteiger partial charge in [0.1, 0.15) is 12.4 Å². The smallest absolute Gasteiger partial charge is 0.224 e. The Morgan fingerprint density at radius 3 is 2.33 bits per heavy atom. The topological polar surface area (TPSA) is 56.8 Å². The van der Waals surface area contributed by atoms with Crippen molar-refractivity contribution < 1.29 is 9.53 Å². The van der Waals surface area contributed by atoms with Crippen molar-refractivity contribution in [1.29, 1.82) is 0 Å². The molecule has 0 radical (unpaired) electrons. The number of nitrogens with zero attached hydrogens (tertiary/aromatic N) is 2. The minimum Gasteiger partial charge on any atom is -0.492 e. The first kappa shape index (κ1) is 29.2. The molecule has 0 aliphatic carbocycles. The zero-order valence-corrected chi connectivity index (χ0v) is 20.3. The van der Waals surface area contributed by atoms with Crippen molar-refractivity contribution in [3.8, 4) is 5.75 Å². The summed E-state index contributed by atoms with van der Waals surface area (Å²) in [6.45, 7) is 8.32. The molecule has 9 heteroatoms. The number of hydrogen-bond donors (Lipinski definition) is 2. The van der Waals surface area contributed by atoms with Gasteiger partial charge in [0.25, 0.3) is 0 Å². The van der Waals surface area contributed by atoms with Crippen LogP contribution >= 0.6 is 37.2 Å². The molecular formula is C21H37Cl3N4O2. The Morgan fingerprint density at radius 1 is 1.07 bits per heavy atom. The van der Waals surface area contributed by atoms with Crippen LogP contribution in [0.1, 0.15) is 25.7 Å². The second-order valence-corrected chi connectivity index (χ2v) is 7.80. The summed E-state index contributed by atoms with van der Waals surface area (Å²) in [6.07, 6.45) is 3.97. The van der Waals surface area contributed by atoms with Gasteiger partial charge in [0.2, 0.25) is 5.91 Å². The molecule has 0 saturated carbocycles. The normalized spacial score (nSPS) is 17.8. The lowest BCUT2D eigenvalue weighted by Gasteiger charge is -2.32. The van der Waals surface area contributed by atoms with Gasteiger partial charge < -0.3 is 20.3 Å². The molecule has 30 heavy (non-hydrogen) atoms. The molecule has 174 valence electrons. The lowest BCUT2D eigenvalue weighted by Crippen LogP contribution is -2.45. The van der Waals surface area contributed by atoms with Crippen LogP contribution in [-0.4, -0.2) is 75.2 Å². The monoisotopic (exact) mass is 482 g/mol. The summed E-state index contributed by atoms with van der Waals surface area (Å²) in [5, 5.41) is 6.36.